The highest BCUT2D eigenvalue weighted by molar-refractivity contribution is 7.14. The lowest BCUT2D eigenvalue weighted by Crippen LogP contribution is -2.14. The molecule has 0 atom stereocenters. The van der Waals surface area contributed by atoms with Crippen LogP contribution >= 0.6 is 11.3 Å². The zero-order valence-electron chi connectivity index (χ0n) is 15.3. The topological polar surface area (TPSA) is 96.0 Å². The Kier molecular flexibility index (Phi) is 5.30. The van der Waals surface area contributed by atoms with E-state index >= 15 is 0 Å². The molecule has 0 spiro atoms. The maximum Gasteiger partial charge on any atom is 0.358 e. The summed E-state index contributed by atoms with van der Waals surface area (Å²) < 4.78 is 20.7. The second-order valence-corrected chi connectivity index (χ2v) is 6.82. The second-order valence-electron chi connectivity index (χ2n) is 5.96. The highest BCUT2D eigenvalue weighted by Gasteiger charge is 2.18. The molecule has 9 heteroatoms. The summed E-state index contributed by atoms with van der Waals surface area (Å²) >= 11 is 1.26. The van der Waals surface area contributed by atoms with Crippen molar-refractivity contribution in [1.82, 2.24) is 4.98 Å². The van der Waals surface area contributed by atoms with Crippen LogP contribution in [-0.2, 0) is 4.74 Å². The van der Waals surface area contributed by atoms with Gasteiger partial charge in [-0.3, -0.25) is 4.79 Å². The van der Waals surface area contributed by atoms with Gasteiger partial charge >= 0.3 is 5.97 Å². The molecular formula is C20H16N2O6S. The standard InChI is InChI=1S/C20H16N2O6S/c1-25-14-5-3-13(4-6-14)21-20-22-15(10-29-20)19(24)26-9-16(23)12-2-7-17-18(8-12)28-11-27-17/h2-8,10H,9,11H2,1H3,(H,21,22). The summed E-state index contributed by atoms with van der Waals surface area (Å²) in [4.78, 5) is 28.7. The highest BCUT2D eigenvalue weighted by atomic mass is 32.1. The number of nitrogens with one attached hydrogen (secondary N) is 1. The lowest BCUT2D eigenvalue weighted by atomic mass is 10.1. The summed E-state index contributed by atoms with van der Waals surface area (Å²) in [5.74, 6) is 0.807. The number of rotatable bonds is 7. The maximum absolute atomic E-state index is 12.3. The number of hydrogen-bond donors (Lipinski definition) is 1. The number of benzene rings is 2. The Morgan fingerprint density at radius 3 is 2.72 bits per heavy atom. The molecule has 0 bridgehead atoms. The number of methoxy groups -OCH3 is 1. The first kappa shape index (κ1) is 18.8. The van der Waals surface area contributed by atoms with Crippen molar-refractivity contribution in [3.05, 3.63) is 59.1 Å². The van der Waals surface area contributed by atoms with Gasteiger partial charge in [-0.25, -0.2) is 9.78 Å². The van der Waals surface area contributed by atoms with Gasteiger partial charge in [-0.2, -0.15) is 0 Å². The number of aromatic nitrogens is 1. The molecule has 1 aliphatic rings. The van der Waals surface area contributed by atoms with Crippen LogP contribution in [0.25, 0.3) is 0 Å². The van der Waals surface area contributed by atoms with Crippen molar-refractivity contribution in [3.8, 4) is 17.2 Å². The first-order valence-electron chi connectivity index (χ1n) is 8.59. The normalized spacial score (nSPS) is 11.8. The molecule has 0 unspecified atom stereocenters. The number of anilines is 2. The number of hydrogen-bond acceptors (Lipinski definition) is 9. The largest absolute Gasteiger partial charge is 0.497 e. The molecule has 1 aromatic heterocycles. The Hall–Kier alpha value is -3.59. The predicted octanol–water partition coefficient (Wildman–Crippen LogP) is 3.66. The van der Waals surface area contributed by atoms with Gasteiger partial charge in [-0.05, 0) is 42.5 Å². The molecular weight excluding hydrogens is 396 g/mol. The van der Waals surface area contributed by atoms with Crippen molar-refractivity contribution in [2.24, 2.45) is 0 Å². The van der Waals surface area contributed by atoms with Crippen LogP contribution in [0.2, 0.25) is 0 Å². The molecule has 0 amide bonds. The second kappa shape index (κ2) is 8.19. The Labute approximate surface area is 170 Å². The quantitative estimate of drug-likeness (QED) is 0.464. The minimum atomic E-state index is -0.668. The average molecular weight is 412 g/mol. The van der Waals surface area contributed by atoms with Crippen LogP contribution in [0.3, 0.4) is 0 Å². The smallest absolute Gasteiger partial charge is 0.358 e. The zero-order chi connectivity index (χ0) is 20.2. The van der Waals surface area contributed by atoms with E-state index in [9.17, 15) is 9.59 Å². The first-order chi connectivity index (χ1) is 14.1. The van der Waals surface area contributed by atoms with E-state index in [0.29, 0.717) is 22.2 Å². The van der Waals surface area contributed by atoms with Crippen LogP contribution in [0.5, 0.6) is 17.2 Å². The number of Topliss-reactive ketones (excluding diaryl/α,β-unsaturated/α-hetero) is 1. The number of ketones is 1. The third kappa shape index (κ3) is 4.30. The Morgan fingerprint density at radius 2 is 1.93 bits per heavy atom. The van der Waals surface area contributed by atoms with Crippen molar-refractivity contribution in [1.29, 1.82) is 0 Å². The highest BCUT2D eigenvalue weighted by Crippen LogP contribution is 2.32. The van der Waals surface area contributed by atoms with E-state index < -0.39 is 12.6 Å². The Bertz CT molecular complexity index is 1050. The average Bonchev–Trinajstić information content (AvgIpc) is 3.41. The van der Waals surface area contributed by atoms with Crippen LogP contribution in [0.4, 0.5) is 10.8 Å². The van der Waals surface area contributed by atoms with E-state index in [2.05, 4.69) is 10.3 Å². The van der Waals surface area contributed by atoms with Crippen molar-refractivity contribution in [2.45, 2.75) is 0 Å². The van der Waals surface area contributed by atoms with Gasteiger partial charge in [0.05, 0.1) is 7.11 Å². The van der Waals surface area contributed by atoms with Crippen LogP contribution in [0, 0.1) is 0 Å². The summed E-state index contributed by atoms with van der Waals surface area (Å²) in [6.07, 6.45) is 0. The van der Waals surface area contributed by atoms with Crippen LogP contribution in [0.1, 0.15) is 20.8 Å². The van der Waals surface area contributed by atoms with E-state index in [0.717, 1.165) is 11.4 Å². The number of esters is 1. The lowest BCUT2D eigenvalue weighted by molar-refractivity contribution is 0.0470. The lowest BCUT2D eigenvalue weighted by Gasteiger charge is -2.04. The molecule has 3 aromatic rings. The van der Waals surface area contributed by atoms with Crippen molar-refractivity contribution in [2.75, 3.05) is 25.8 Å². The van der Waals surface area contributed by atoms with E-state index in [1.54, 1.807) is 30.7 Å². The van der Waals surface area contributed by atoms with E-state index in [1.165, 1.54) is 11.3 Å². The molecule has 0 fully saturated rings. The summed E-state index contributed by atoms with van der Waals surface area (Å²) in [5.41, 5.74) is 1.31. The van der Waals surface area contributed by atoms with Gasteiger partial charge < -0.3 is 24.3 Å². The van der Waals surface area contributed by atoms with Crippen LogP contribution in [-0.4, -0.2) is 37.2 Å². The predicted molar refractivity (Wildman–Crippen MR) is 106 cm³/mol. The van der Waals surface area contributed by atoms with Crippen LogP contribution < -0.4 is 19.5 Å². The van der Waals surface area contributed by atoms with Gasteiger partial charge in [0.2, 0.25) is 6.79 Å². The molecule has 8 nitrogen and oxygen atoms in total. The molecule has 0 saturated heterocycles. The third-order valence-corrected chi connectivity index (χ3v) is 4.84. The fourth-order valence-electron chi connectivity index (χ4n) is 2.58. The molecule has 4 rings (SSSR count). The number of thiazole rings is 1. The SMILES string of the molecule is COc1ccc(Nc2nc(C(=O)OCC(=O)c3ccc4c(c3)OCO4)cs2)cc1. The number of ether oxygens (including phenoxy) is 4. The van der Waals surface area contributed by atoms with E-state index in [1.807, 2.05) is 24.3 Å². The summed E-state index contributed by atoms with van der Waals surface area (Å²) in [6, 6.07) is 12.1. The monoisotopic (exact) mass is 412 g/mol. The molecule has 1 N–H and O–H groups in total. The fraction of sp³-hybridized carbons (Fsp3) is 0.150. The number of nitrogens with zero attached hydrogens (tertiary/aromatic N) is 1. The van der Waals surface area contributed by atoms with Gasteiger partial charge in [0.25, 0.3) is 0 Å². The minimum Gasteiger partial charge on any atom is -0.497 e. The molecule has 0 radical (unpaired) electrons. The van der Waals surface area contributed by atoms with Gasteiger partial charge in [-0.1, -0.05) is 0 Å². The Balaban J connectivity index is 1.33. The molecule has 0 saturated carbocycles. The van der Waals surface area contributed by atoms with Gasteiger partial charge in [0.15, 0.2) is 34.7 Å². The summed E-state index contributed by atoms with van der Waals surface area (Å²) in [6.45, 7) is -0.268. The number of carbonyl (C=O) groups is 2. The summed E-state index contributed by atoms with van der Waals surface area (Å²) in [7, 11) is 1.60. The van der Waals surface area contributed by atoms with Crippen molar-refractivity contribution >= 4 is 33.9 Å². The molecule has 29 heavy (non-hydrogen) atoms. The van der Waals surface area contributed by atoms with Crippen LogP contribution in [0.15, 0.2) is 47.8 Å². The molecule has 2 aromatic carbocycles. The zero-order valence-corrected chi connectivity index (χ0v) is 16.2. The molecule has 148 valence electrons. The minimum absolute atomic E-state index is 0.124. The Morgan fingerprint density at radius 1 is 1.14 bits per heavy atom. The van der Waals surface area contributed by atoms with Crippen molar-refractivity contribution < 1.29 is 28.5 Å². The third-order valence-electron chi connectivity index (χ3n) is 4.08. The van der Waals surface area contributed by atoms with Crippen molar-refractivity contribution in [3.63, 3.8) is 0 Å². The maximum atomic E-state index is 12.3. The molecule has 0 aliphatic carbocycles. The molecule has 1 aliphatic heterocycles. The number of fused-ring (bicyclic) bond motifs is 1. The number of carbonyl (C=O) groups excluding carboxylic acids is 2. The molecule has 2 heterocycles. The summed E-state index contributed by atoms with van der Waals surface area (Å²) in [5, 5.41) is 5.20. The van der Waals surface area contributed by atoms with Gasteiger partial charge in [-0.15, -0.1) is 11.3 Å². The van der Waals surface area contributed by atoms with E-state index in [-0.39, 0.29) is 18.3 Å². The first-order valence-corrected chi connectivity index (χ1v) is 9.47. The van der Waals surface area contributed by atoms with E-state index in [4.69, 9.17) is 18.9 Å². The van der Waals surface area contributed by atoms with Gasteiger partial charge in [0.1, 0.15) is 5.75 Å². The van der Waals surface area contributed by atoms with Gasteiger partial charge in [0, 0.05) is 16.6 Å². The fourth-order valence-corrected chi connectivity index (χ4v) is 3.28.